The molecule has 1 aliphatic rings. The van der Waals surface area contributed by atoms with Crippen LogP contribution in [-0.2, 0) is 71.3 Å². The van der Waals surface area contributed by atoms with E-state index in [1.54, 1.807) is 20.8 Å². The molecule has 0 heterocycles. The lowest BCUT2D eigenvalue weighted by Gasteiger charge is -2.22. The van der Waals surface area contributed by atoms with Crippen LogP contribution < -0.4 is 26.6 Å². The van der Waals surface area contributed by atoms with Crippen molar-refractivity contribution >= 4 is 35.7 Å². The minimum atomic E-state index is -1.28. The van der Waals surface area contributed by atoms with Crippen LogP contribution in [0.5, 0.6) is 0 Å². The minimum absolute atomic E-state index is 0.154. The Hall–Kier alpha value is -5.26. The number of fused-ring (bicyclic) bond motifs is 3. The van der Waals surface area contributed by atoms with Gasteiger partial charge in [-0.05, 0) is 44.7 Å². The SMILES string of the molecule is CCCOCCOCCOCCOCCOCCOCCOCCOCCNC(=O)CNC(=O)CNC(=O)CNC(=O)[C@H](CCC(=O)OC(C)(C)C)NC(=O)OC1c2ccccc2-c2ccccc21. The average Bonchev–Trinajstić information content (AvgIpc) is 3.63. The quantitative estimate of drug-likeness (QED) is 0.0477. The van der Waals surface area contributed by atoms with Crippen LogP contribution in [0.2, 0.25) is 0 Å². The number of amides is 5. The van der Waals surface area contributed by atoms with Gasteiger partial charge in [-0.3, -0.25) is 24.0 Å². The molecule has 0 spiro atoms. The summed E-state index contributed by atoms with van der Waals surface area (Å²) in [6.07, 6.45) is -1.01. The first-order chi connectivity index (χ1) is 33.4. The number of benzene rings is 2. The Morgan fingerprint density at radius 1 is 0.522 bits per heavy atom. The number of rotatable bonds is 38. The van der Waals surface area contributed by atoms with E-state index in [1.807, 2.05) is 48.5 Å². The highest BCUT2D eigenvalue weighted by Gasteiger charge is 2.33. The molecule has 0 bridgehead atoms. The molecule has 0 aromatic heterocycles. The normalized spacial score (nSPS) is 12.3. The second-order valence-electron chi connectivity index (χ2n) is 16.3. The van der Waals surface area contributed by atoms with Gasteiger partial charge in [0.15, 0.2) is 6.10 Å². The van der Waals surface area contributed by atoms with Crippen molar-refractivity contribution in [3.8, 4) is 11.1 Å². The second kappa shape index (κ2) is 34.9. The van der Waals surface area contributed by atoms with Gasteiger partial charge < -0.3 is 74.0 Å². The Morgan fingerprint density at radius 2 is 0.913 bits per heavy atom. The van der Waals surface area contributed by atoms with E-state index in [4.69, 9.17) is 47.4 Å². The van der Waals surface area contributed by atoms with E-state index < -0.39 is 66.5 Å². The van der Waals surface area contributed by atoms with Gasteiger partial charge in [0, 0.05) is 30.7 Å². The monoisotopic (exact) mass is 976 g/mol. The van der Waals surface area contributed by atoms with E-state index >= 15 is 0 Å². The molecule has 386 valence electrons. The van der Waals surface area contributed by atoms with Crippen molar-refractivity contribution in [3.05, 3.63) is 59.7 Å². The van der Waals surface area contributed by atoms with Crippen molar-refractivity contribution in [2.45, 2.75) is 64.7 Å². The molecule has 2 aromatic rings. The summed E-state index contributed by atoms with van der Waals surface area (Å²) in [6, 6.07) is 13.7. The molecule has 0 unspecified atom stereocenters. The molecule has 5 amide bonds. The zero-order chi connectivity index (χ0) is 50.0. The first-order valence-corrected chi connectivity index (χ1v) is 23.4. The van der Waals surface area contributed by atoms with Crippen molar-refractivity contribution < 1.29 is 76.1 Å². The van der Waals surface area contributed by atoms with Gasteiger partial charge in [0.1, 0.15) is 11.6 Å². The van der Waals surface area contributed by atoms with Crippen molar-refractivity contribution in [1.82, 2.24) is 26.6 Å². The Labute approximate surface area is 404 Å². The first-order valence-electron chi connectivity index (χ1n) is 23.4. The number of carbonyl (C=O) groups is 6. The summed E-state index contributed by atoms with van der Waals surface area (Å²) in [4.78, 5) is 76.0. The lowest BCUT2D eigenvalue weighted by atomic mass is 10.1. The Morgan fingerprint density at radius 3 is 1.35 bits per heavy atom. The van der Waals surface area contributed by atoms with Gasteiger partial charge >= 0.3 is 12.1 Å². The van der Waals surface area contributed by atoms with E-state index in [0.29, 0.717) is 92.5 Å². The molecule has 0 radical (unpaired) electrons. The molecule has 1 aliphatic carbocycles. The fourth-order valence-electron chi connectivity index (χ4n) is 6.33. The van der Waals surface area contributed by atoms with Gasteiger partial charge in [0.05, 0.1) is 119 Å². The maximum Gasteiger partial charge on any atom is 0.408 e. The van der Waals surface area contributed by atoms with E-state index in [-0.39, 0.29) is 32.5 Å². The minimum Gasteiger partial charge on any atom is -0.460 e. The maximum atomic E-state index is 13.3. The third-order valence-electron chi connectivity index (χ3n) is 9.50. The summed E-state index contributed by atoms with van der Waals surface area (Å²) in [6.45, 7) is 13.4. The third kappa shape index (κ3) is 26.3. The smallest absolute Gasteiger partial charge is 0.408 e. The Balaban J connectivity index is 1.17. The van der Waals surface area contributed by atoms with Crippen LogP contribution in [0.25, 0.3) is 11.1 Å². The second-order valence-corrected chi connectivity index (χ2v) is 16.3. The molecule has 21 nitrogen and oxygen atoms in total. The molecule has 0 saturated carbocycles. The summed E-state index contributed by atoms with van der Waals surface area (Å²) in [5.74, 6) is -3.18. The number of esters is 1. The molecular formula is C48H73N5O16. The molecule has 3 rings (SSSR count). The van der Waals surface area contributed by atoms with Gasteiger partial charge in [0.2, 0.25) is 23.6 Å². The number of carbonyl (C=O) groups excluding carboxylic acids is 6. The van der Waals surface area contributed by atoms with Gasteiger partial charge in [-0.25, -0.2) is 4.79 Å². The van der Waals surface area contributed by atoms with Crippen LogP contribution in [-0.4, -0.2) is 179 Å². The predicted octanol–water partition coefficient (Wildman–Crippen LogP) is 1.98. The molecule has 0 saturated heterocycles. The molecule has 0 fully saturated rings. The average molecular weight is 976 g/mol. The van der Waals surface area contributed by atoms with Crippen LogP contribution in [0, 0.1) is 0 Å². The molecule has 0 aliphatic heterocycles. The highest BCUT2D eigenvalue weighted by atomic mass is 16.6. The number of hydrogen-bond acceptors (Lipinski definition) is 16. The summed E-state index contributed by atoms with van der Waals surface area (Å²) < 4.78 is 54.7. The van der Waals surface area contributed by atoms with E-state index in [0.717, 1.165) is 35.3 Å². The van der Waals surface area contributed by atoms with Crippen molar-refractivity contribution in [2.75, 3.05) is 132 Å². The molecule has 2 aromatic carbocycles. The van der Waals surface area contributed by atoms with Gasteiger partial charge in [0.25, 0.3) is 0 Å². The van der Waals surface area contributed by atoms with Gasteiger partial charge in [-0.1, -0.05) is 55.5 Å². The lowest BCUT2D eigenvalue weighted by molar-refractivity contribution is -0.155. The van der Waals surface area contributed by atoms with Crippen molar-refractivity contribution in [3.63, 3.8) is 0 Å². The van der Waals surface area contributed by atoms with Crippen LogP contribution in [0.1, 0.15) is 64.2 Å². The number of ether oxygens (including phenoxy) is 10. The first kappa shape index (κ1) is 58.1. The van der Waals surface area contributed by atoms with Crippen molar-refractivity contribution in [2.24, 2.45) is 0 Å². The number of alkyl carbamates (subject to hydrolysis) is 1. The van der Waals surface area contributed by atoms with Crippen LogP contribution in [0.3, 0.4) is 0 Å². The Bertz CT molecular complexity index is 1780. The van der Waals surface area contributed by atoms with Crippen LogP contribution in [0.4, 0.5) is 4.79 Å². The standard InChI is InChI=1S/C48H73N5O16/c1-5-17-60-19-21-62-23-25-64-27-29-66-31-32-67-30-28-65-26-24-63-22-20-61-18-16-49-41(54)33-50-42(55)34-51-43(56)35-52-46(58)40(14-15-44(57)69-48(2,3)4)53-47(59)68-45-38-12-8-6-10-36(38)37-11-7-9-13-39(37)45/h6-13,40,45H,5,14-35H2,1-4H3,(H,49,54)(H,50,55)(H,51,56)(H,52,58)(H,53,59)/t40-/m0/s1. The van der Waals surface area contributed by atoms with E-state index in [2.05, 4.69) is 33.5 Å². The number of nitrogens with one attached hydrogen (secondary N) is 5. The predicted molar refractivity (Wildman–Crippen MR) is 251 cm³/mol. The summed E-state index contributed by atoms with van der Waals surface area (Å²) >= 11 is 0. The van der Waals surface area contributed by atoms with Crippen LogP contribution >= 0.6 is 0 Å². The topological polar surface area (TPSA) is 255 Å². The fourth-order valence-corrected chi connectivity index (χ4v) is 6.33. The van der Waals surface area contributed by atoms with Crippen molar-refractivity contribution in [1.29, 1.82) is 0 Å². The van der Waals surface area contributed by atoms with E-state index in [1.165, 1.54) is 0 Å². The number of hydrogen-bond donors (Lipinski definition) is 5. The zero-order valence-electron chi connectivity index (χ0n) is 40.6. The van der Waals surface area contributed by atoms with E-state index in [9.17, 15) is 28.8 Å². The lowest BCUT2D eigenvalue weighted by Crippen LogP contribution is -2.50. The fraction of sp³-hybridized carbons (Fsp3) is 0.625. The highest BCUT2D eigenvalue weighted by molar-refractivity contribution is 5.92. The molecule has 1 atom stereocenters. The Kier molecular flexibility index (Phi) is 29.4. The summed E-state index contributed by atoms with van der Waals surface area (Å²) in [5, 5.41) is 12.3. The molecule has 5 N–H and O–H groups in total. The largest absolute Gasteiger partial charge is 0.460 e. The maximum absolute atomic E-state index is 13.3. The third-order valence-corrected chi connectivity index (χ3v) is 9.50. The van der Waals surface area contributed by atoms with Gasteiger partial charge in [-0.2, -0.15) is 0 Å². The molecule has 69 heavy (non-hydrogen) atoms. The van der Waals surface area contributed by atoms with Crippen LogP contribution in [0.15, 0.2) is 48.5 Å². The van der Waals surface area contributed by atoms with Gasteiger partial charge in [-0.15, -0.1) is 0 Å². The zero-order valence-corrected chi connectivity index (χ0v) is 40.6. The molecular weight excluding hydrogens is 903 g/mol. The molecule has 21 heteroatoms. The summed E-state index contributed by atoms with van der Waals surface area (Å²) in [5.41, 5.74) is 2.64. The summed E-state index contributed by atoms with van der Waals surface area (Å²) in [7, 11) is 0. The highest BCUT2D eigenvalue weighted by Crippen LogP contribution is 2.45.